The maximum atomic E-state index is 5.26. The summed E-state index contributed by atoms with van der Waals surface area (Å²) in [7, 11) is 2.23. The van der Waals surface area contributed by atoms with Gasteiger partial charge in [0.2, 0.25) is 0 Å². The average Bonchev–Trinajstić information content (AvgIpc) is 3.31. The van der Waals surface area contributed by atoms with E-state index in [1.165, 1.54) is 96.4 Å². The van der Waals surface area contributed by atoms with Gasteiger partial charge in [-0.2, -0.15) is 0 Å². The van der Waals surface area contributed by atoms with E-state index in [4.69, 9.17) is 4.74 Å². The third-order valence-electron chi connectivity index (χ3n) is 4.81. The second kappa shape index (κ2) is 17.2. The number of likely N-dealkylation sites (N-methyl/N-ethyl adjacent to an activating group) is 1. The van der Waals surface area contributed by atoms with Gasteiger partial charge in [0.1, 0.15) is 0 Å². The summed E-state index contributed by atoms with van der Waals surface area (Å²) >= 11 is 0. The van der Waals surface area contributed by atoms with Gasteiger partial charge in [-0.1, -0.05) is 90.4 Å². The monoisotopic (exact) mass is 391 g/mol. The number of rotatable bonds is 17. The van der Waals surface area contributed by atoms with Crippen LogP contribution in [0.3, 0.4) is 0 Å². The number of unbranched alkanes of at least 4 members (excludes halogenated alkanes) is 13. The molecule has 0 aromatic heterocycles. The van der Waals surface area contributed by atoms with Crippen LogP contribution in [0.15, 0.2) is 0 Å². The lowest BCUT2D eigenvalue weighted by atomic mass is 10.0. The number of hydrogen-bond donors (Lipinski definition) is 0. The fourth-order valence-electron chi connectivity index (χ4n) is 3.19. The first kappa shape index (κ1) is 23.4. The highest BCUT2D eigenvalue weighted by Crippen LogP contribution is 2.13. The number of ether oxygens (including phenoxy) is 1. The summed E-state index contributed by atoms with van der Waals surface area (Å²) in [6, 6.07) is 0. The topological polar surface area (TPSA) is 15.8 Å². The minimum Gasteiger partial charge on any atom is -0.372 e. The normalized spacial score (nSPS) is 16.6. The molecule has 1 unspecified atom stereocenters. The fourth-order valence-corrected chi connectivity index (χ4v) is 3.19. The molecule has 2 nitrogen and oxygen atoms in total. The van der Waals surface area contributed by atoms with Gasteiger partial charge in [-0.25, -0.2) is 0 Å². The van der Waals surface area contributed by atoms with E-state index in [9.17, 15) is 0 Å². The Balaban J connectivity index is 0.00000484. The molecule has 1 fully saturated rings. The summed E-state index contributed by atoms with van der Waals surface area (Å²) in [6.07, 6.45) is 20.7. The standard InChI is InChI=1S/C20H41NO.BrH/c1-3-4-5-6-7-8-9-10-11-12-13-14-15-16-17-21(2)18-20-19-22-20;/h20H,3-19H2,1-2H3;1H. The summed E-state index contributed by atoms with van der Waals surface area (Å²) in [6.45, 7) is 5.67. The van der Waals surface area contributed by atoms with Crippen LogP contribution in [-0.4, -0.2) is 37.7 Å². The Morgan fingerprint density at radius 3 is 1.52 bits per heavy atom. The molecule has 0 amide bonds. The number of hydrogen-bond acceptors (Lipinski definition) is 2. The van der Waals surface area contributed by atoms with Gasteiger partial charge < -0.3 is 9.64 Å². The zero-order valence-corrected chi connectivity index (χ0v) is 17.6. The van der Waals surface area contributed by atoms with E-state index in [0.717, 1.165) is 13.2 Å². The Kier molecular flexibility index (Phi) is 17.5. The van der Waals surface area contributed by atoms with E-state index >= 15 is 0 Å². The van der Waals surface area contributed by atoms with Crippen molar-refractivity contribution >= 4 is 17.0 Å². The molecule has 23 heavy (non-hydrogen) atoms. The number of nitrogens with zero attached hydrogens (tertiary/aromatic N) is 1. The Bertz CT molecular complexity index is 234. The SMILES string of the molecule is Br.CCCCCCCCCCCCCCCCN(C)CC1CO1. The van der Waals surface area contributed by atoms with Crippen LogP contribution in [-0.2, 0) is 4.74 Å². The van der Waals surface area contributed by atoms with Gasteiger partial charge in [-0.15, -0.1) is 17.0 Å². The molecule has 1 atom stereocenters. The first-order chi connectivity index (χ1) is 10.8. The van der Waals surface area contributed by atoms with Gasteiger partial charge >= 0.3 is 0 Å². The van der Waals surface area contributed by atoms with E-state index < -0.39 is 0 Å². The molecule has 0 N–H and O–H groups in total. The summed E-state index contributed by atoms with van der Waals surface area (Å²) in [5, 5.41) is 0. The number of halogens is 1. The van der Waals surface area contributed by atoms with Crippen molar-refractivity contribution in [3.63, 3.8) is 0 Å². The Hall–Kier alpha value is 0.400. The minimum atomic E-state index is 0. The molecule has 0 saturated carbocycles. The molecule has 0 bridgehead atoms. The fraction of sp³-hybridized carbons (Fsp3) is 1.00. The van der Waals surface area contributed by atoms with Gasteiger partial charge in [0.25, 0.3) is 0 Å². The second-order valence-corrected chi connectivity index (χ2v) is 7.31. The maximum Gasteiger partial charge on any atom is 0.0936 e. The minimum absolute atomic E-state index is 0. The molecule has 1 saturated heterocycles. The Morgan fingerprint density at radius 2 is 1.13 bits per heavy atom. The van der Waals surface area contributed by atoms with Gasteiger partial charge in [-0.3, -0.25) is 0 Å². The van der Waals surface area contributed by atoms with Crippen LogP contribution in [0.25, 0.3) is 0 Å². The van der Waals surface area contributed by atoms with E-state index in [-0.39, 0.29) is 17.0 Å². The van der Waals surface area contributed by atoms with Crippen LogP contribution < -0.4 is 0 Å². The Labute approximate surface area is 156 Å². The van der Waals surface area contributed by atoms with Crippen molar-refractivity contribution < 1.29 is 4.74 Å². The van der Waals surface area contributed by atoms with E-state index in [1.54, 1.807) is 0 Å². The predicted molar refractivity (Wildman–Crippen MR) is 108 cm³/mol. The lowest BCUT2D eigenvalue weighted by Crippen LogP contribution is -2.24. The molecular formula is C20H42BrNO. The predicted octanol–water partition coefficient (Wildman–Crippen LogP) is 6.38. The molecule has 3 heteroatoms. The first-order valence-electron chi connectivity index (χ1n) is 10.1. The third-order valence-corrected chi connectivity index (χ3v) is 4.81. The lowest BCUT2D eigenvalue weighted by Gasteiger charge is -2.14. The molecule has 0 radical (unpaired) electrons. The highest BCUT2D eigenvalue weighted by atomic mass is 79.9. The first-order valence-corrected chi connectivity index (χ1v) is 10.1. The third kappa shape index (κ3) is 17.0. The largest absolute Gasteiger partial charge is 0.372 e. The molecular weight excluding hydrogens is 350 g/mol. The summed E-state index contributed by atoms with van der Waals surface area (Å²) < 4.78 is 5.26. The van der Waals surface area contributed by atoms with Gasteiger partial charge in [0, 0.05) is 6.54 Å². The van der Waals surface area contributed by atoms with Crippen molar-refractivity contribution in [1.82, 2.24) is 4.90 Å². The van der Waals surface area contributed by atoms with Crippen molar-refractivity contribution in [3.8, 4) is 0 Å². The maximum absolute atomic E-state index is 5.26. The van der Waals surface area contributed by atoms with Gasteiger partial charge in [0.05, 0.1) is 12.7 Å². The van der Waals surface area contributed by atoms with E-state index in [2.05, 4.69) is 18.9 Å². The van der Waals surface area contributed by atoms with Crippen molar-refractivity contribution in [1.29, 1.82) is 0 Å². The van der Waals surface area contributed by atoms with Gasteiger partial charge in [0.15, 0.2) is 0 Å². The van der Waals surface area contributed by atoms with Crippen molar-refractivity contribution in [2.75, 3.05) is 26.7 Å². The van der Waals surface area contributed by atoms with Crippen LogP contribution in [0.1, 0.15) is 96.8 Å². The highest BCUT2D eigenvalue weighted by Gasteiger charge is 2.23. The van der Waals surface area contributed by atoms with Crippen molar-refractivity contribution in [2.24, 2.45) is 0 Å². The molecule has 1 rings (SSSR count). The molecule has 0 aromatic carbocycles. The molecule has 0 spiro atoms. The molecule has 0 aromatic rings. The van der Waals surface area contributed by atoms with Crippen LogP contribution in [0.2, 0.25) is 0 Å². The van der Waals surface area contributed by atoms with E-state index in [1.807, 2.05) is 0 Å². The summed E-state index contributed by atoms with van der Waals surface area (Å²) in [4.78, 5) is 2.43. The van der Waals surface area contributed by atoms with Crippen molar-refractivity contribution in [2.45, 2.75) is 103 Å². The zero-order valence-electron chi connectivity index (χ0n) is 15.9. The number of epoxide rings is 1. The highest BCUT2D eigenvalue weighted by molar-refractivity contribution is 8.93. The van der Waals surface area contributed by atoms with Crippen LogP contribution in [0.5, 0.6) is 0 Å². The molecule has 1 heterocycles. The summed E-state index contributed by atoms with van der Waals surface area (Å²) in [5.74, 6) is 0. The quantitative estimate of drug-likeness (QED) is 0.211. The average molecular weight is 392 g/mol. The second-order valence-electron chi connectivity index (χ2n) is 7.31. The van der Waals surface area contributed by atoms with E-state index in [0.29, 0.717) is 6.10 Å². The van der Waals surface area contributed by atoms with Crippen LogP contribution >= 0.6 is 17.0 Å². The summed E-state index contributed by atoms with van der Waals surface area (Å²) in [5.41, 5.74) is 0. The van der Waals surface area contributed by atoms with Crippen molar-refractivity contribution in [3.05, 3.63) is 0 Å². The molecule has 140 valence electrons. The smallest absolute Gasteiger partial charge is 0.0936 e. The Morgan fingerprint density at radius 1 is 0.739 bits per heavy atom. The molecule has 1 aliphatic rings. The molecule has 1 aliphatic heterocycles. The zero-order chi connectivity index (χ0) is 15.9. The van der Waals surface area contributed by atoms with Gasteiger partial charge in [-0.05, 0) is 20.0 Å². The van der Waals surface area contributed by atoms with Crippen LogP contribution in [0, 0.1) is 0 Å². The lowest BCUT2D eigenvalue weighted by molar-refractivity contribution is 0.278. The molecule has 0 aliphatic carbocycles. The van der Waals surface area contributed by atoms with Crippen LogP contribution in [0.4, 0.5) is 0 Å².